The van der Waals surface area contributed by atoms with Crippen LogP contribution in [0.25, 0.3) is 0 Å². The first-order valence-corrected chi connectivity index (χ1v) is 4.78. The van der Waals surface area contributed by atoms with Gasteiger partial charge in [-0.1, -0.05) is 0 Å². The number of carbonyl (C=O) groups excluding carboxylic acids is 1. The molecule has 1 rings (SSSR count). The molecule has 0 aliphatic rings. The highest BCUT2D eigenvalue weighted by Gasteiger charge is 2.37. The minimum absolute atomic E-state index is 0.0206. The molecule has 0 radical (unpaired) electrons. The van der Waals surface area contributed by atoms with Crippen LogP contribution in [-0.4, -0.2) is 17.6 Å². The number of aromatic nitrogens is 1. The van der Waals surface area contributed by atoms with E-state index in [0.717, 1.165) is 6.07 Å². The van der Waals surface area contributed by atoms with Gasteiger partial charge in [-0.15, -0.1) is 0 Å². The van der Waals surface area contributed by atoms with Gasteiger partial charge in [-0.2, -0.15) is 13.2 Å². The van der Waals surface area contributed by atoms with E-state index in [1.807, 2.05) is 0 Å². The smallest absolute Gasteiger partial charge is 0.418 e. The molecule has 0 aliphatic carbocycles. The highest BCUT2D eigenvalue weighted by molar-refractivity contribution is 9.10. The third-order valence-corrected chi connectivity index (χ3v) is 2.00. The van der Waals surface area contributed by atoms with Gasteiger partial charge in [-0.05, 0) is 28.9 Å². The number of hydrogen-bond acceptors (Lipinski definition) is 2. The van der Waals surface area contributed by atoms with Crippen LogP contribution in [0, 0.1) is 0 Å². The predicted molar refractivity (Wildman–Crippen MR) is 49.5 cm³/mol. The molecule has 0 spiro atoms. The van der Waals surface area contributed by atoms with E-state index in [9.17, 15) is 18.0 Å². The second kappa shape index (κ2) is 4.26. The number of esters is 1. The topological polar surface area (TPSA) is 42.1 Å². The van der Waals surface area contributed by atoms with Crippen molar-refractivity contribution in [3.63, 3.8) is 0 Å². The van der Waals surface area contributed by atoms with Crippen molar-refractivity contribution in [1.29, 1.82) is 0 Å². The molecule has 0 amide bonds. The average Bonchev–Trinajstić information content (AvgIpc) is 2.47. The molecule has 84 valence electrons. The van der Waals surface area contributed by atoms with Crippen LogP contribution in [0.15, 0.2) is 10.7 Å². The van der Waals surface area contributed by atoms with Crippen molar-refractivity contribution in [1.82, 2.24) is 4.98 Å². The van der Waals surface area contributed by atoms with Crippen LogP contribution in [0.5, 0.6) is 0 Å². The summed E-state index contributed by atoms with van der Waals surface area (Å²) in [6.07, 6.45) is -4.58. The SMILES string of the molecule is CCOC(=O)c1[nH]c(Br)cc1C(F)(F)F. The molecule has 0 bridgehead atoms. The molecular weight excluding hydrogens is 279 g/mol. The molecule has 0 aliphatic heterocycles. The molecule has 1 aromatic heterocycles. The first kappa shape index (κ1) is 12.1. The number of halogens is 4. The Kier molecular flexibility index (Phi) is 3.43. The molecule has 7 heteroatoms. The molecule has 1 heterocycles. The van der Waals surface area contributed by atoms with Gasteiger partial charge in [0.2, 0.25) is 0 Å². The number of rotatable bonds is 2. The number of H-pyrrole nitrogens is 1. The van der Waals surface area contributed by atoms with Gasteiger partial charge < -0.3 is 9.72 Å². The lowest BCUT2D eigenvalue weighted by Crippen LogP contribution is -2.13. The minimum atomic E-state index is -4.58. The maximum absolute atomic E-state index is 12.4. The monoisotopic (exact) mass is 285 g/mol. The standard InChI is InChI=1S/C8H7BrF3NO2/c1-2-15-7(14)6-4(8(10,11)12)3-5(9)13-6/h3,13H,2H2,1H3. The fourth-order valence-corrected chi connectivity index (χ4v) is 1.44. The largest absolute Gasteiger partial charge is 0.461 e. The van der Waals surface area contributed by atoms with Gasteiger partial charge >= 0.3 is 12.1 Å². The Morgan fingerprint density at radius 1 is 1.60 bits per heavy atom. The molecule has 3 nitrogen and oxygen atoms in total. The van der Waals surface area contributed by atoms with E-state index in [4.69, 9.17) is 0 Å². The van der Waals surface area contributed by atoms with Crippen molar-refractivity contribution >= 4 is 21.9 Å². The van der Waals surface area contributed by atoms with Gasteiger partial charge in [0.1, 0.15) is 5.69 Å². The number of nitrogens with one attached hydrogen (secondary N) is 1. The molecular formula is C8H7BrF3NO2. The van der Waals surface area contributed by atoms with E-state index in [0.29, 0.717) is 0 Å². The summed E-state index contributed by atoms with van der Waals surface area (Å²) in [4.78, 5) is 13.4. The number of carbonyl (C=O) groups is 1. The third kappa shape index (κ3) is 2.74. The van der Waals surface area contributed by atoms with E-state index in [1.165, 1.54) is 6.92 Å². The quantitative estimate of drug-likeness (QED) is 0.849. The van der Waals surface area contributed by atoms with Crippen molar-refractivity contribution in [3.8, 4) is 0 Å². The predicted octanol–water partition coefficient (Wildman–Crippen LogP) is 2.97. The molecule has 0 saturated carbocycles. The zero-order chi connectivity index (χ0) is 11.6. The minimum Gasteiger partial charge on any atom is -0.461 e. The van der Waals surface area contributed by atoms with Gasteiger partial charge in [0.25, 0.3) is 0 Å². The molecule has 0 atom stereocenters. The molecule has 0 fully saturated rings. The van der Waals surface area contributed by atoms with Crippen LogP contribution in [0.3, 0.4) is 0 Å². The summed E-state index contributed by atoms with van der Waals surface area (Å²) in [5.74, 6) is -1.02. The molecule has 0 aromatic carbocycles. The Hall–Kier alpha value is -0.980. The Morgan fingerprint density at radius 2 is 2.20 bits per heavy atom. The van der Waals surface area contributed by atoms with E-state index in [-0.39, 0.29) is 11.2 Å². The summed E-state index contributed by atoms with van der Waals surface area (Å²) in [5, 5.41) is 0. The molecule has 1 aromatic rings. The van der Waals surface area contributed by atoms with Crippen molar-refractivity contribution in [2.75, 3.05) is 6.61 Å². The number of alkyl halides is 3. The second-order valence-corrected chi connectivity index (χ2v) is 3.48. The Bertz CT molecular complexity index is 372. The summed E-state index contributed by atoms with van der Waals surface area (Å²) < 4.78 is 41.8. The van der Waals surface area contributed by atoms with Gasteiger partial charge in [0, 0.05) is 0 Å². The maximum Gasteiger partial charge on any atom is 0.418 e. The van der Waals surface area contributed by atoms with Gasteiger partial charge in [0.15, 0.2) is 0 Å². The fraction of sp³-hybridized carbons (Fsp3) is 0.375. The number of ether oxygens (including phenoxy) is 1. The van der Waals surface area contributed by atoms with Crippen molar-refractivity contribution < 1.29 is 22.7 Å². The number of hydrogen-bond donors (Lipinski definition) is 1. The van der Waals surface area contributed by atoms with E-state index < -0.39 is 23.4 Å². The van der Waals surface area contributed by atoms with Gasteiger partial charge in [0.05, 0.1) is 16.8 Å². The van der Waals surface area contributed by atoms with E-state index in [2.05, 4.69) is 25.7 Å². The van der Waals surface area contributed by atoms with Crippen molar-refractivity contribution in [2.45, 2.75) is 13.1 Å². The summed E-state index contributed by atoms with van der Waals surface area (Å²) in [5.41, 5.74) is -1.62. The fourth-order valence-electron chi connectivity index (χ4n) is 1.01. The van der Waals surface area contributed by atoms with Gasteiger partial charge in [-0.3, -0.25) is 0 Å². The Labute approximate surface area is 91.7 Å². The molecule has 0 unspecified atom stereocenters. The van der Waals surface area contributed by atoms with Crippen LogP contribution in [0.4, 0.5) is 13.2 Å². The van der Waals surface area contributed by atoms with Crippen molar-refractivity contribution in [3.05, 3.63) is 21.9 Å². The van der Waals surface area contributed by atoms with Gasteiger partial charge in [-0.25, -0.2) is 4.79 Å². The highest BCUT2D eigenvalue weighted by atomic mass is 79.9. The van der Waals surface area contributed by atoms with Crippen LogP contribution in [0.2, 0.25) is 0 Å². The Morgan fingerprint density at radius 3 is 2.67 bits per heavy atom. The zero-order valence-corrected chi connectivity index (χ0v) is 9.20. The van der Waals surface area contributed by atoms with E-state index in [1.54, 1.807) is 0 Å². The Balaban J connectivity index is 3.12. The lowest BCUT2D eigenvalue weighted by molar-refractivity contribution is -0.138. The van der Waals surface area contributed by atoms with Crippen LogP contribution in [-0.2, 0) is 10.9 Å². The molecule has 15 heavy (non-hydrogen) atoms. The molecule has 1 N–H and O–H groups in total. The summed E-state index contributed by atoms with van der Waals surface area (Å²) in [7, 11) is 0. The van der Waals surface area contributed by atoms with Crippen LogP contribution in [0.1, 0.15) is 23.0 Å². The maximum atomic E-state index is 12.4. The van der Waals surface area contributed by atoms with E-state index >= 15 is 0 Å². The normalized spacial score (nSPS) is 11.5. The summed E-state index contributed by atoms with van der Waals surface area (Å²) in [6, 6.07) is 0.798. The van der Waals surface area contributed by atoms with Crippen LogP contribution < -0.4 is 0 Å². The lowest BCUT2D eigenvalue weighted by atomic mass is 10.2. The first-order valence-electron chi connectivity index (χ1n) is 3.99. The lowest BCUT2D eigenvalue weighted by Gasteiger charge is -2.06. The number of aromatic amines is 1. The van der Waals surface area contributed by atoms with Crippen molar-refractivity contribution in [2.24, 2.45) is 0 Å². The highest BCUT2D eigenvalue weighted by Crippen LogP contribution is 2.34. The zero-order valence-electron chi connectivity index (χ0n) is 7.61. The van der Waals surface area contributed by atoms with Crippen LogP contribution >= 0.6 is 15.9 Å². The summed E-state index contributed by atoms with van der Waals surface area (Å²) in [6.45, 7) is 1.54. The second-order valence-electron chi connectivity index (χ2n) is 2.62. The third-order valence-electron chi connectivity index (χ3n) is 1.57. The average molecular weight is 286 g/mol. The molecule has 0 saturated heterocycles. The summed E-state index contributed by atoms with van der Waals surface area (Å²) >= 11 is 2.83. The first-order chi connectivity index (χ1) is 6.86.